The normalized spacial score (nSPS) is 12.4. The van der Waals surface area contributed by atoms with Crippen LogP contribution >= 0.6 is 0 Å². The molecule has 2 N–H and O–H groups in total. The van der Waals surface area contributed by atoms with Gasteiger partial charge in [-0.1, -0.05) is 0 Å². The lowest BCUT2D eigenvalue weighted by Gasteiger charge is -2.12. The van der Waals surface area contributed by atoms with Crippen LogP contribution in [0.15, 0.2) is 18.5 Å². The summed E-state index contributed by atoms with van der Waals surface area (Å²) < 4.78 is 10.4. The molecular weight excluding hydrogens is 204 g/mol. The van der Waals surface area contributed by atoms with E-state index in [1.807, 2.05) is 13.0 Å². The summed E-state index contributed by atoms with van der Waals surface area (Å²) in [6.07, 6.45) is 5.32. The lowest BCUT2D eigenvalue weighted by Crippen LogP contribution is -2.11. The van der Waals surface area contributed by atoms with E-state index in [1.165, 1.54) is 0 Å². The Morgan fingerprint density at radius 1 is 1.44 bits per heavy atom. The molecule has 1 rings (SSSR count). The maximum absolute atomic E-state index is 6.05. The van der Waals surface area contributed by atoms with Gasteiger partial charge in [0.1, 0.15) is 5.75 Å². The van der Waals surface area contributed by atoms with Crippen molar-refractivity contribution in [2.24, 2.45) is 5.73 Å². The molecule has 1 heterocycles. The molecule has 0 radical (unpaired) electrons. The van der Waals surface area contributed by atoms with Crippen molar-refractivity contribution in [1.82, 2.24) is 4.98 Å². The largest absolute Gasteiger partial charge is 0.495 e. The lowest BCUT2D eigenvalue weighted by atomic mass is 10.1. The van der Waals surface area contributed by atoms with Gasteiger partial charge < -0.3 is 15.2 Å². The van der Waals surface area contributed by atoms with E-state index < -0.39 is 0 Å². The van der Waals surface area contributed by atoms with Crippen LogP contribution in [0.4, 0.5) is 0 Å². The molecule has 0 aliphatic carbocycles. The third-order valence-electron chi connectivity index (χ3n) is 2.41. The first-order chi connectivity index (χ1) is 7.77. The summed E-state index contributed by atoms with van der Waals surface area (Å²) in [6, 6.07) is 1.93. The third-order valence-corrected chi connectivity index (χ3v) is 2.41. The molecule has 0 saturated carbocycles. The Labute approximate surface area is 96.8 Å². The van der Waals surface area contributed by atoms with Crippen molar-refractivity contribution in [2.75, 3.05) is 20.3 Å². The van der Waals surface area contributed by atoms with Gasteiger partial charge >= 0.3 is 0 Å². The summed E-state index contributed by atoms with van der Waals surface area (Å²) in [7, 11) is 1.63. The van der Waals surface area contributed by atoms with Crippen molar-refractivity contribution in [1.29, 1.82) is 0 Å². The van der Waals surface area contributed by atoms with Gasteiger partial charge in [0.05, 0.1) is 13.3 Å². The first-order valence-electron chi connectivity index (χ1n) is 5.60. The van der Waals surface area contributed by atoms with Gasteiger partial charge in [-0.15, -0.1) is 0 Å². The Kier molecular flexibility index (Phi) is 5.82. The Morgan fingerprint density at radius 3 is 2.94 bits per heavy atom. The fourth-order valence-corrected chi connectivity index (χ4v) is 1.47. The number of ether oxygens (including phenoxy) is 2. The minimum atomic E-state index is 0.00283. The summed E-state index contributed by atoms with van der Waals surface area (Å²) in [5.41, 5.74) is 7.06. The number of pyridine rings is 1. The van der Waals surface area contributed by atoms with E-state index in [1.54, 1.807) is 19.5 Å². The number of aromatic nitrogens is 1. The molecule has 0 fully saturated rings. The van der Waals surface area contributed by atoms with Gasteiger partial charge in [0.15, 0.2) is 0 Å². The highest BCUT2D eigenvalue weighted by molar-refractivity contribution is 5.25. The molecule has 0 saturated heterocycles. The van der Waals surface area contributed by atoms with Gasteiger partial charge in [0.25, 0.3) is 0 Å². The van der Waals surface area contributed by atoms with Crippen LogP contribution in [0.1, 0.15) is 31.4 Å². The van der Waals surface area contributed by atoms with E-state index in [0.717, 1.165) is 37.4 Å². The zero-order valence-electron chi connectivity index (χ0n) is 9.98. The Balaban J connectivity index is 2.42. The molecule has 1 atom stereocenters. The van der Waals surface area contributed by atoms with E-state index in [0.29, 0.717) is 0 Å². The molecular formula is C12H20N2O2. The minimum absolute atomic E-state index is 0.00283. The Hall–Kier alpha value is -1.13. The molecule has 0 aliphatic rings. The molecule has 1 aromatic heterocycles. The first-order valence-corrected chi connectivity index (χ1v) is 5.60. The molecule has 0 amide bonds. The van der Waals surface area contributed by atoms with Crippen LogP contribution in [0, 0.1) is 0 Å². The number of nitrogens with two attached hydrogens (primary N) is 1. The molecule has 90 valence electrons. The Morgan fingerprint density at radius 2 is 2.25 bits per heavy atom. The van der Waals surface area contributed by atoms with Crippen LogP contribution in [0.2, 0.25) is 0 Å². The molecule has 0 spiro atoms. The van der Waals surface area contributed by atoms with Gasteiger partial charge in [-0.2, -0.15) is 0 Å². The molecule has 1 aromatic rings. The molecule has 1 unspecified atom stereocenters. The second kappa shape index (κ2) is 7.19. The standard InChI is InChI=1S/C12H20N2O2/c1-3-16-6-4-5-12(13)10-7-11(15-2)9-14-8-10/h7-9,12H,3-6,13H2,1-2H3. The van der Waals surface area contributed by atoms with Gasteiger partial charge in [0.2, 0.25) is 0 Å². The second-order valence-corrected chi connectivity index (χ2v) is 3.60. The molecule has 0 bridgehead atoms. The van der Waals surface area contributed by atoms with Crippen molar-refractivity contribution in [2.45, 2.75) is 25.8 Å². The van der Waals surface area contributed by atoms with E-state index in [-0.39, 0.29) is 6.04 Å². The topological polar surface area (TPSA) is 57.4 Å². The lowest BCUT2D eigenvalue weighted by molar-refractivity contribution is 0.142. The number of nitrogens with zero attached hydrogens (tertiary/aromatic N) is 1. The molecule has 4 nitrogen and oxygen atoms in total. The van der Waals surface area contributed by atoms with E-state index in [2.05, 4.69) is 4.98 Å². The van der Waals surface area contributed by atoms with E-state index in [4.69, 9.17) is 15.2 Å². The predicted octanol–water partition coefficient (Wildman–Crippen LogP) is 1.91. The average molecular weight is 224 g/mol. The highest BCUT2D eigenvalue weighted by Gasteiger charge is 2.07. The first kappa shape index (κ1) is 12.9. The summed E-state index contributed by atoms with van der Waals surface area (Å²) in [5, 5.41) is 0. The van der Waals surface area contributed by atoms with E-state index >= 15 is 0 Å². The maximum Gasteiger partial charge on any atom is 0.137 e. The molecule has 0 aromatic carbocycles. The quantitative estimate of drug-likeness (QED) is 0.719. The minimum Gasteiger partial charge on any atom is -0.495 e. The smallest absolute Gasteiger partial charge is 0.137 e. The van der Waals surface area contributed by atoms with Crippen LogP contribution in [0.3, 0.4) is 0 Å². The fourth-order valence-electron chi connectivity index (χ4n) is 1.47. The van der Waals surface area contributed by atoms with Crippen molar-refractivity contribution >= 4 is 0 Å². The highest BCUT2D eigenvalue weighted by atomic mass is 16.5. The zero-order chi connectivity index (χ0) is 11.8. The van der Waals surface area contributed by atoms with Crippen molar-refractivity contribution in [3.8, 4) is 5.75 Å². The SMILES string of the molecule is CCOCCCC(N)c1cncc(OC)c1. The Bertz CT molecular complexity index is 305. The van der Waals surface area contributed by atoms with Crippen LogP contribution in [-0.2, 0) is 4.74 Å². The van der Waals surface area contributed by atoms with Gasteiger partial charge in [-0.3, -0.25) is 4.98 Å². The fraction of sp³-hybridized carbons (Fsp3) is 0.583. The van der Waals surface area contributed by atoms with Crippen molar-refractivity contribution in [3.63, 3.8) is 0 Å². The zero-order valence-corrected chi connectivity index (χ0v) is 9.98. The van der Waals surface area contributed by atoms with Crippen molar-refractivity contribution < 1.29 is 9.47 Å². The molecule has 0 aliphatic heterocycles. The van der Waals surface area contributed by atoms with Crippen LogP contribution in [-0.4, -0.2) is 25.3 Å². The summed E-state index contributed by atoms with van der Waals surface area (Å²) in [6.45, 7) is 3.52. The average Bonchev–Trinajstić information content (AvgIpc) is 2.34. The van der Waals surface area contributed by atoms with Gasteiger partial charge in [-0.05, 0) is 31.4 Å². The molecule has 4 heteroatoms. The monoisotopic (exact) mass is 224 g/mol. The second-order valence-electron chi connectivity index (χ2n) is 3.60. The van der Waals surface area contributed by atoms with Crippen LogP contribution in [0.25, 0.3) is 0 Å². The summed E-state index contributed by atoms with van der Waals surface area (Å²) in [4.78, 5) is 4.08. The van der Waals surface area contributed by atoms with Crippen LogP contribution < -0.4 is 10.5 Å². The predicted molar refractivity (Wildman–Crippen MR) is 63.4 cm³/mol. The summed E-state index contributed by atoms with van der Waals surface area (Å²) >= 11 is 0. The molecule has 16 heavy (non-hydrogen) atoms. The third kappa shape index (κ3) is 4.16. The number of methoxy groups -OCH3 is 1. The van der Waals surface area contributed by atoms with Crippen LogP contribution in [0.5, 0.6) is 5.75 Å². The number of hydrogen-bond acceptors (Lipinski definition) is 4. The highest BCUT2D eigenvalue weighted by Crippen LogP contribution is 2.19. The van der Waals surface area contributed by atoms with E-state index in [9.17, 15) is 0 Å². The van der Waals surface area contributed by atoms with Crippen molar-refractivity contribution in [3.05, 3.63) is 24.0 Å². The van der Waals surface area contributed by atoms with Gasteiger partial charge in [0, 0.05) is 25.5 Å². The number of hydrogen-bond donors (Lipinski definition) is 1. The van der Waals surface area contributed by atoms with Gasteiger partial charge in [-0.25, -0.2) is 0 Å². The maximum atomic E-state index is 6.05. The number of rotatable bonds is 7. The summed E-state index contributed by atoms with van der Waals surface area (Å²) in [5.74, 6) is 0.748.